The molecule has 0 aliphatic heterocycles. The molecule has 0 aliphatic carbocycles. The van der Waals surface area contributed by atoms with E-state index in [1.54, 1.807) is 0 Å². The Bertz CT molecular complexity index is 848. The number of carboxylic acids is 4. The van der Waals surface area contributed by atoms with Gasteiger partial charge in [-0.15, -0.1) is 0 Å². The predicted octanol–water partition coefficient (Wildman–Crippen LogP) is -19.3. The Hall–Kier alpha value is -1.37. The molecular formula is C24H44CdO28Zn. The first-order chi connectivity index (χ1) is 23.7. The summed E-state index contributed by atoms with van der Waals surface area (Å²) < 4.78 is 0. The van der Waals surface area contributed by atoms with E-state index in [1.807, 2.05) is 0 Å². The molecule has 0 spiro atoms. The molecule has 0 saturated carbocycles. The third-order valence-electron chi connectivity index (χ3n) is 5.98. The summed E-state index contributed by atoms with van der Waals surface area (Å²) in [6, 6.07) is 0. The number of hydrogen-bond donors (Lipinski definition) is 20. The van der Waals surface area contributed by atoms with Gasteiger partial charge in [-0.2, -0.15) is 0 Å². The van der Waals surface area contributed by atoms with Crippen LogP contribution in [-0.2, 0) is 66.0 Å². The van der Waals surface area contributed by atoms with Crippen molar-refractivity contribution in [1.29, 1.82) is 0 Å². The number of hydrogen-bond acceptors (Lipinski definition) is 28. The Labute approximate surface area is 335 Å². The zero-order valence-electron chi connectivity index (χ0n) is 27.7. The van der Waals surface area contributed by atoms with Crippen LogP contribution in [0, 0.1) is 0 Å². The second kappa shape index (κ2) is 33.7. The maximum Gasteiger partial charge on any atom is 2.00 e. The molecule has 16 atom stereocenters. The van der Waals surface area contributed by atoms with Crippen molar-refractivity contribution in [3.63, 3.8) is 0 Å². The van der Waals surface area contributed by atoms with Gasteiger partial charge in [-0.25, -0.2) is 0 Å². The predicted molar refractivity (Wildman–Crippen MR) is 144 cm³/mol. The number of aliphatic hydroxyl groups excluding tert-OH is 20. The van der Waals surface area contributed by atoms with Crippen molar-refractivity contribution >= 4 is 23.9 Å². The summed E-state index contributed by atoms with van der Waals surface area (Å²) in [5.41, 5.74) is 0. The molecule has 0 saturated heterocycles. The summed E-state index contributed by atoms with van der Waals surface area (Å²) in [7, 11) is 0. The zero-order valence-corrected chi connectivity index (χ0v) is 34.7. The van der Waals surface area contributed by atoms with Crippen LogP contribution in [0.25, 0.3) is 0 Å². The van der Waals surface area contributed by atoms with Crippen LogP contribution in [-0.4, -0.2) is 250 Å². The molecule has 0 aliphatic rings. The molecule has 28 nitrogen and oxygen atoms in total. The summed E-state index contributed by atoms with van der Waals surface area (Å²) >= 11 is 0. The van der Waals surface area contributed by atoms with Crippen LogP contribution in [0.2, 0.25) is 0 Å². The number of carbonyl (C=O) groups is 4. The quantitative estimate of drug-likeness (QED) is 0.0504. The minimum absolute atomic E-state index is 0. The molecule has 20 N–H and O–H groups in total. The van der Waals surface area contributed by atoms with Crippen LogP contribution in [0.3, 0.4) is 0 Å². The molecule has 16 unspecified atom stereocenters. The van der Waals surface area contributed by atoms with E-state index < -0.39 is 148 Å². The van der Waals surface area contributed by atoms with Crippen molar-refractivity contribution in [1.82, 2.24) is 0 Å². The van der Waals surface area contributed by atoms with Crippen molar-refractivity contribution in [2.24, 2.45) is 0 Å². The van der Waals surface area contributed by atoms with Gasteiger partial charge >= 0.3 is 46.8 Å². The Kier molecular flexibility index (Phi) is 40.3. The Balaban J connectivity index is -0.000000140. The molecule has 0 amide bonds. The van der Waals surface area contributed by atoms with E-state index >= 15 is 0 Å². The number of aliphatic carboxylic acids is 4. The maximum atomic E-state index is 9.98. The van der Waals surface area contributed by atoms with E-state index in [1.165, 1.54) is 0 Å². The minimum Gasteiger partial charge on any atom is -0.547 e. The Morgan fingerprint density at radius 1 is 0.315 bits per heavy atom. The second-order valence-corrected chi connectivity index (χ2v) is 9.98. The van der Waals surface area contributed by atoms with Gasteiger partial charge in [0.15, 0.2) is 0 Å². The average Bonchev–Trinajstić information content (AvgIpc) is 3.12. The van der Waals surface area contributed by atoms with Crippen LogP contribution >= 0.6 is 0 Å². The molecule has 0 aromatic rings. The van der Waals surface area contributed by atoms with E-state index in [-0.39, 0.29) is 46.8 Å². The van der Waals surface area contributed by atoms with Crippen molar-refractivity contribution in [3.8, 4) is 0 Å². The van der Waals surface area contributed by atoms with Crippen LogP contribution in [0.15, 0.2) is 0 Å². The standard InChI is InChI=1S/4C6H12O7.Cd.Zn/c4*7-1-2(8)3(9)4(10)5(11)6(12)13;;/h4*2-5,7-11H,1H2,(H,12,13);;/q;;;;2*+2/p-4. The maximum absolute atomic E-state index is 9.98. The van der Waals surface area contributed by atoms with Crippen LogP contribution in [0.1, 0.15) is 0 Å². The minimum atomic E-state index is -2.31. The molecule has 0 radical (unpaired) electrons. The second-order valence-electron chi connectivity index (χ2n) is 9.98. The van der Waals surface area contributed by atoms with E-state index in [0.29, 0.717) is 0 Å². The van der Waals surface area contributed by atoms with Gasteiger partial charge in [0.05, 0.1) is 50.3 Å². The number of carboxylic acid groups (broad SMARTS) is 4. The number of aliphatic hydroxyl groups is 20. The van der Waals surface area contributed by atoms with Gasteiger partial charge in [-0.05, 0) is 0 Å². The van der Waals surface area contributed by atoms with Crippen molar-refractivity contribution < 1.29 is 189 Å². The normalized spacial score (nSPS) is 19.6. The molecule has 30 heteroatoms. The van der Waals surface area contributed by atoms with Gasteiger partial charge in [0.2, 0.25) is 0 Å². The summed E-state index contributed by atoms with van der Waals surface area (Å²) in [5, 5.41) is 214. The van der Waals surface area contributed by atoms with E-state index in [0.717, 1.165) is 0 Å². The van der Waals surface area contributed by atoms with Gasteiger partial charge in [0.1, 0.15) is 97.7 Å². The first-order valence-corrected chi connectivity index (χ1v) is 13.8. The SMILES string of the molecule is O=C([O-])C(O)C(O)C(O)C(O)CO.O=C([O-])C(O)C(O)C(O)C(O)CO.O=C([O-])C(O)C(O)C(O)C(O)CO.O=C([O-])C(O)C(O)C(O)C(O)CO.[Cd+2].[Zn+2]. The molecule has 0 bridgehead atoms. The van der Waals surface area contributed by atoms with Gasteiger partial charge in [0.25, 0.3) is 0 Å². The fourth-order valence-electron chi connectivity index (χ4n) is 2.65. The summed E-state index contributed by atoms with van der Waals surface area (Å²) in [5.74, 6) is -7.90. The number of carbonyl (C=O) groups excluding carboxylic acids is 4. The smallest absolute Gasteiger partial charge is 0.547 e. The van der Waals surface area contributed by atoms with Gasteiger partial charge < -0.3 is 142 Å². The van der Waals surface area contributed by atoms with E-state index in [4.69, 9.17) is 102 Å². The van der Waals surface area contributed by atoms with Crippen LogP contribution in [0.5, 0.6) is 0 Å². The Morgan fingerprint density at radius 2 is 0.426 bits per heavy atom. The Morgan fingerprint density at radius 3 is 0.500 bits per heavy atom. The van der Waals surface area contributed by atoms with Gasteiger partial charge in [-0.3, -0.25) is 0 Å². The largest absolute Gasteiger partial charge is 2.00 e. The third-order valence-corrected chi connectivity index (χ3v) is 5.98. The molecule has 312 valence electrons. The van der Waals surface area contributed by atoms with Gasteiger partial charge in [-0.1, -0.05) is 0 Å². The van der Waals surface area contributed by atoms with Crippen molar-refractivity contribution in [3.05, 3.63) is 0 Å². The third kappa shape index (κ3) is 25.0. The summed E-state index contributed by atoms with van der Waals surface area (Å²) in [6.07, 6.45) is -32.3. The van der Waals surface area contributed by atoms with E-state index in [9.17, 15) is 39.6 Å². The molecule has 0 rings (SSSR count). The van der Waals surface area contributed by atoms with Crippen LogP contribution < -0.4 is 20.4 Å². The fraction of sp³-hybridized carbons (Fsp3) is 0.833. The molecular weight excluding hydrogens is 914 g/mol. The molecule has 0 fully saturated rings. The summed E-state index contributed by atoms with van der Waals surface area (Å²) in [4.78, 5) is 39.9. The summed E-state index contributed by atoms with van der Waals surface area (Å²) in [6.45, 7) is -3.45. The molecule has 54 heavy (non-hydrogen) atoms. The topological polar surface area (TPSA) is 565 Å². The van der Waals surface area contributed by atoms with Gasteiger partial charge in [0, 0.05) is 0 Å². The average molecular weight is 958 g/mol. The molecule has 0 aromatic heterocycles. The monoisotopic (exact) mass is 958 g/mol. The molecule has 0 aromatic carbocycles. The van der Waals surface area contributed by atoms with Crippen molar-refractivity contribution in [2.75, 3.05) is 26.4 Å². The van der Waals surface area contributed by atoms with Crippen molar-refractivity contribution in [2.45, 2.75) is 97.7 Å². The van der Waals surface area contributed by atoms with Crippen LogP contribution in [0.4, 0.5) is 0 Å². The fourth-order valence-corrected chi connectivity index (χ4v) is 2.65. The first-order valence-electron chi connectivity index (χ1n) is 13.8. The molecule has 0 heterocycles. The van der Waals surface area contributed by atoms with E-state index in [2.05, 4.69) is 0 Å². The first kappa shape index (κ1) is 64.5. The zero-order chi connectivity index (χ0) is 42.4. The number of rotatable bonds is 20.